The summed E-state index contributed by atoms with van der Waals surface area (Å²) in [6.07, 6.45) is 0.829. The van der Waals surface area contributed by atoms with Gasteiger partial charge < -0.3 is 5.32 Å². The average molecular weight is 305 g/mol. The fourth-order valence-corrected chi connectivity index (χ4v) is 3.89. The zero-order valence-electron chi connectivity index (χ0n) is 11.7. The Labute approximate surface area is 128 Å². The van der Waals surface area contributed by atoms with Gasteiger partial charge in [-0.1, -0.05) is 43.3 Å². The van der Waals surface area contributed by atoms with E-state index in [1.807, 2.05) is 48.7 Å². The average Bonchev–Trinajstić information content (AvgIpc) is 2.98. The molecule has 20 heavy (non-hydrogen) atoms. The monoisotopic (exact) mass is 305 g/mol. The minimum atomic E-state index is -0.0280. The molecular formula is C16H19NOS2. The lowest BCUT2D eigenvalue weighted by atomic mass is 10.1. The standard InChI is InChI=1S/C16H19NOS2/c1-3-14(20-15-10-7-11-19-15)16(18)17-12(2)13-8-5-4-6-9-13/h4-12,14H,3H2,1-2H3,(H,17,18)/t12-,14+/m0/s1. The summed E-state index contributed by atoms with van der Waals surface area (Å²) < 4.78 is 1.19. The number of carbonyl (C=O) groups is 1. The van der Waals surface area contributed by atoms with Crippen molar-refractivity contribution in [3.63, 3.8) is 0 Å². The van der Waals surface area contributed by atoms with Crippen molar-refractivity contribution < 1.29 is 4.79 Å². The highest BCUT2D eigenvalue weighted by molar-refractivity contribution is 8.02. The van der Waals surface area contributed by atoms with E-state index in [0.717, 1.165) is 12.0 Å². The van der Waals surface area contributed by atoms with Crippen LogP contribution in [0.3, 0.4) is 0 Å². The molecule has 0 radical (unpaired) electrons. The van der Waals surface area contributed by atoms with Crippen LogP contribution in [0.1, 0.15) is 31.9 Å². The number of benzene rings is 1. The number of thiophene rings is 1. The Balaban J connectivity index is 1.95. The van der Waals surface area contributed by atoms with Gasteiger partial charge in [0.2, 0.25) is 5.91 Å². The number of hydrogen-bond donors (Lipinski definition) is 1. The third-order valence-electron chi connectivity index (χ3n) is 3.08. The third kappa shape index (κ3) is 4.12. The van der Waals surface area contributed by atoms with Gasteiger partial charge in [0, 0.05) is 0 Å². The molecule has 0 spiro atoms. The molecular weight excluding hydrogens is 286 g/mol. The largest absolute Gasteiger partial charge is 0.349 e. The fourth-order valence-electron chi connectivity index (χ4n) is 1.92. The predicted molar refractivity (Wildman–Crippen MR) is 87.3 cm³/mol. The van der Waals surface area contributed by atoms with Crippen LogP contribution in [-0.2, 0) is 4.79 Å². The molecule has 0 fully saturated rings. The van der Waals surface area contributed by atoms with Crippen LogP contribution in [0.15, 0.2) is 52.1 Å². The summed E-state index contributed by atoms with van der Waals surface area (Å²) in [5, 5.41) is 5.12. The molecule has 0 unspecified atom stereocenters. The second-order valence-corrected chi connectivity index (χ2v) is 7.04. The number of carbonyl (C=O) groups excluding carboxylic acids is 1. The number of thioether (sulfide) groups is 1. The van der Waals surface area contributed by atoms with Gasteiger partial charge >= 0.3 is 0 Å². The predicted octanol–water partition coefficient (Wildman–Crippen LogP) is 4.50. The lowest BCUT2D eigenvalue weighted by Crippen LogP contribution is -2.34. The van der Waals surface area contributed by atoms with Crippen molar-refractivity contribution in [3.8, 4) is 0 Å². The van der Waals surface area contributed by atoms with Crippen molar-refractivity contribution in [2.24, 2.45) is 0 Å². The summed E-state index contributed by atoms with van der Waals surface area (Å²) in [4.78, 5) is 12.4. The zero-order chi connectivity index (χ0) is 14.4. The van der Waals surface area contributed by atoms with Crippen LogP contribution in [0, 0.1) is 0 Å². The number of nitrogens with one attached hydrogen (secondary N) is 1. The topological polar surface area (TPSA) is 29.1 Å². The molecule has 2 nitrogen and oxygen atoms in total. The molecule has 106 valence electrons. The molecule has 2 aromatic rings. The van der Waals surface area contributed by atoms with Gasteiger partial charge in [0.25, 0.3) is 0 Å². The van der Waals surface area contributed by atoms with Gasteiger partial charge in [0.15, 0.2) is 0 Å². The number of amides is 1. The molecule has 0 saturated heterocycles. The Hall–Kier alpha value is -1.26. The van der Waals surface area contributed by atoms with Crippen LogP contribution in [0.4, 0.5) is 0 Å². The highest BCUT2D eigenvalue weighted by atomic mass is 32.2. The van der Waals surface area contributed by atoms with Crippen LogP contribution < -0.4 is 5.32 Å². The molecule has 1 aromatic carbocycles. The van der Waals surface area contributed by atoms with Gasteiger partial charge in [-0.25, -0.2) is 0 Å². The van der Waals surface area contributed by atoms with Crippen molar-refractivity contribution >= 4 is 29.0 Å². The van der Waals surface area contributed by atoms with Crippen molar-refractivity contribution in [1.82, 2.24) is 5.32 Å². The Bertz CT molecular complexity index is 525. The minimum Gasteiger partial charge on any atom is -0.349 e. The highest BCUT2D eigenvalue weighted by Gasteiger charge is 2.20. The van der Waals surface area contributed by atoms with Gasteiger partial charge in [-0.2, -0.15) is 0 Å². The molecule has 1 N–H and O–H groups in total. The molecule has 0 saturated carbocycles. The molecule has 1 amide bonds. The van der Waals surface area contributed by atoms with Crippen LogP contribution >= 0.6 is 23.1 Å². The maximum absolute atomic E-state index is 12.4. The summed E-state index contributed by atoms with van der Waals surface area (Å²) in [7, 11) is 0. The smallest absolute Gasteiger partial charge is 0.233 e. The summed E-state index contributed by atoms with van der Waals surface area (Å²) >= 11 is 3.33. The molecule has 2 rings (SSSR count). The van der Waals surface area contributed by atoms with Crippen LogP contribution in [0.5, 0.6) is 0 Å². The van der Waals surface area contributed by atoms with Crippen molar-refractivity contribution in [3.05, 3.63) is 53.4 Å². The zero-order valence-corrected chi connectivity index (χ0v) is 13.3. The van der Waals surface area contributed by atoms with Crippen molar-refractivity contribution in [2.75, 3.05) is 0 Å². The summed E-state index contributed by atoms with van der Waals surface area (Å²) in [5.74, 6) is 0.113. The SMILES string of the molecule is CC[C@@H](Sc1cccs1)C(=O)N[C@@H](C)c1ccccc1. The van der Waals surface area contributed by atoms with E-state index < -0.39 is 0 Å². The van der Waals surface area contributed by atoms with E-state index in [1.165, 1.54) is 4.21 Å². The van der Waals surface area contributed by atoms with E-state index in [-0.39, 0.29) is 17.2 Å². The minimum absolute atomic E-state index is 0.0280. The second kappa shape index (κ2) is 7.50. The van der Waals surface area contributed by atoms with Crippen LogP contribution in [0.2, 0.25) is 0 Å². The maximum Gasteiger partial charge on any atom is 0.233 e. The van der Waals surface area contributed by atoms with E-state index in [9.17, 15) is 4.79 Å². The van der Waals surface area contributed by atoms with E-state index in [1.54, 1.807) is 23.1 Å². The normalized spacial score (nSPS) is 13.7. The summed E-state index contributed by atoms with van der Waals surface area (Å²) in [6, 6.07) is 14.2. The first kappa shape index (κ1) is 15.1. The molecule has 1 aromatic heterocycles. The molecule has 0 aliphatic carbocycles. The Morgan fingerprint density at radius 1 is 1.25 bits per heavy atom. The Kier molecular flexibility index (Phi) is 5.68. The first-order valence-corrected chi connectivity index (χ1v) is 8.52. The van der Waals surface area contributed by atoms with Gasteiger partial charge in [0.1, 0.15) is 0 Å². The van der Waals surface area contributed by atoms with E-state index in [2.05, 4.69) is 18.3 Å². The van der Waals surface area contributed by atoms with Crippen LogP contribution in [0.25, 0.3) is 0 Å². The Morgan fingerprint density at radius 2 is 2.00 bits per heavy atom. The maximum atomic E-state index is 12.4. The number of hydrogen-bond acceptors (Lipinski definition) is 3. The van der Waals surface area contributed by atoms with E-state index >= 15 is 0 Å². The van der Waals surface area contributed by atoms with E-state index in [4.69, 9.17) is 0 Å². The quantitative estimate of drug-likeness (QED) is 0.796. The van der Waals surface area contributed by atoms with Gasteiger partial charge in [-0.3, -0.25) is 4.79 Å². The lowest BCUT2D eigenvalue weighted by molar-refractivity contribution is -0.121. The fraction of sp³-hybridized carbons (Fsp3) is 0.312. The molecule has 4 heteroatoms. The molecule has 0 aliphatic heterocycles. The second-order valence-electron chi connectivity index (χ2n) is 4.59. The first-order valence-electron chi connectivity index (χ1n) is 6.76. The first-order chi connectivity index (χ1) is 9.70. The highest BCUT2D eigenvalue weighted by Crippen LogP contribution is 2.29. The summed E-state index contributed by atoms with van der Waals surface area (Å²) in [5.41, 5.74) is 1.14. The van der Waals surface area contributed by atoms with Gasteiger partial charge in [0.05, 0.1) is 15.5 Å². The molecule has 1 heterocycles. The summed E-state index contributed by atoms with van der Waals surface area (Å²) in [6.45, 7) is 4.08. The molecule has 2 atom stereocenters. The Morgan fingerprint density at radius 3 is 2.60 bits per heavy atom. The third-order valence-corrected chi connectivity index (χ3v) is 5.51. The lowest BCUT2D eigenvalue weighted by Gasteiger charge is -2.19. The van der Waals surface area contributed by atoms with Crippen molar-refractivity contribution in [1.29, 1.82) is 0 Å². The van der Waals surface area contributed by atoms with Crippen LogP contribution in [-0.4, -0.2) is 11.2 Å². The molecule has 0 bridgehead atoms. The van der Waals surface area contributed by atoms with Gasteiger partial charge in [-0.15, -0.1) is 23.1 Å². The van der Waals surface area contributed by atoms with Crippen molar-refractivity contribution in [2.45, 2.75) is 35.8 Å². The molecule has 0 aliphatic rings. The number of rotatable bonds is 6. The van der Waals surface area contributed by atoms with Gasteiger partial charge in [-0.05, 0) is 30.4 Å². The van der Waals surface area contributed by atoms with E-state index in [0.29, 0.717) is 0 Å².